The van der Waals surface area contributed by atoms with Crippen molar-refractivity contribution in [1.82, 2.24) is 0 Å². The van der Waals surface area contributed by atoms with Gasteiger partial charge >= 0.3 is 0 Å². The molecule has 3 heteroatoms. The number of allylic oxidation sites excluding steroid dienone is 1. The van der Waals surface area contributed by atoms with E-state index in [1.807, 2.05) is 4.08 Å². The summed E-state index contributed by atoms with van der Waals surface area (Å²) in [5.41, 5.74) is 0. The number of rotatable bonds is 1. The van der Waals surface area contributed by atoms with Crippen LogP contribution in [0.5, 0.6) is 0 Å². The molecule has 0 radical (unpaired) electrons. The maximum atomic E-state index is 2.34. The van der Waals surface area contributed by atoms with Crippen LogP contribution in [0.4, 0.5) is 0 Å². The van der Waals surface area contributed by atoms with Gasteiger partial charge in [-0.2, -0.15) is 0 Å². The van der Waals surface area contributed by atoms with Crippen LogP contribution in [-0.2, 0) is 0 Å². The molecular weight excluding hydrogens is 417 g/mol. The van der Waals surface area contributed by atoms with E-state index in [-0.39, 0.29) is 0 Å². The van der Waals surface area contributed by atoms with E-state index in [2.05, 4.69) is 73.8 Å². The second kappa shape index (κ2) is 5.07. The fraction of sp³-hybridized carbons (Fsp3) is 0.333. The van der Waals surface area contributed by atoms with E-state index in [0.29, 0.717) is 1.93 Å². The minimum absolute atomic E-state index is 0.650. The van der Waals surface area contributed by atoms with Crippen LogP contribution in [0.1, 0.15) is 0 Å². The van der Waals surface area contributed by atoms with Crippen LogP contribution in [0.2, 0.25) is 0 Å². The van der Waals surface area contributed by atoms with Crippen molar-refractivity contribution in [3.63, 3.8) is 0 Å². The summed E-state index contributed by atoms with van der Waals surface area (Å²) in [5.74, 6) is 0. The van der Waals surface area contributed by atoms with Gasteiger partial charge in [0.05, 0.1) is 1.93 Å². The zero-order valence-electron chi connectivity index (χ0n) is 2.87. The average molecular weight is 420 g/mol. The Labute approximate surface area is 78.6 Å². The second-order valence-electron chi connectivity index (χ2n) is 0.653. The van der Waals surface area contributed by atoms with Gasteiger partial charge in [0.15, 0.2) is 0 Å². The van der Waals surface area contributed by atoms with Crippen LogP contribution in [0, 0.1) is 0 Å². The average Bonchev–Trinajstić information content (AvgIpc) is 1.35. The lowest BCUT2D eigenvalue weighted by molar-refractivity contribution is 1.83. The van der Waals surface area contributed by atoms with E-state index in [4.69, 9.17) is 0 Å². The van der Waals surface area contributed by atoms with Crippen molar-refractivity contribution in [2.45, 2.75) is 1.93 Å². The second-order valence-corrected chi connectivity index (χ2v) is 6.44. The molecule has 0 amide bonds. The summed E-state index contributed by atoms with van der Waals surface area (Å²) in [6, 6.07) is 0. The van der Waals surface area contributed by atoms with Crippen molar-refractivity contribution in [2.75, 3.05) is 0 Å². The van der Waals surface area contributed by atoms with Crippen LogP contribution < -0.4 is 0 Å². The normalized spacial score (nSPS) is 11.3. The molecule has 0 saturated heterocycles. The van der Waals surface area contributed by atoms with Crippen molar-refractivity contribution in [2.24, 2.45) is 0 Å². The predicted octanol–water partition coefficient (Wildman–Crippen LogP) is 3.13. The molecule has 0 atom stereocenters. The maximum Gasteiger partial charge on any atom is 0.0813 e. The van der Waals surface area contributed by atoms with Crippen molar-refractivity contribution < 1.29 is 0 Å². The first-order valence-electron chi connectivity index (χ1n) is 1.32. The van der Waals surface area contributed by atoms with Gasteiger partial charge in [-0.05, 0) is 4.08 Å². The SMILES string of the molecule is IC=CC(I)I. The largest absolute Gasteiger partial charge is 0.0813 e. The van der Waals surface area contributed by atoms with Crippen LogP contribution in [-0.4, -0.2) is 1.93 Å². The Morgan fingerprint density at radius 3 is 1.83 bits per heavy atom. The van der Waals surface area contributed by atoms with Gasteiger partial charge in [0, 0.05) is 0 Å². The van der Waals surface area contributed by atoms with Crippen LogP contribution in [0.3, 0.4) is 0 Å². The lowest BCUT2D eigenvalue weighted by atomic mass is 10.8. The quantitative estimate of drug-likeness (QED) is 0.452. The summed E-state index contributed by atoms with van der Waals surface area (Å²) in [6.45, 7) is 0. The molecule has 36 valence electrons. The first-order valence-corrected chi connectivity index (χ1v) is 5.06. The monoisotopic (exact) mass is 420 g/mol. The van der Waals surface area contributed by atoms with Crippen molar-refractivity contribution in [1.29, 1.82) is 0 Å². The lowest BCUT2D eigenvalue weighted by Crippen LogP contribution is -1.67. The zero-order valence-corrected chi connectivity index (χ0v) is 9.34. The topological polar surface area (TPSA) is 0 Å². The molecule has 6 heavy (non-hydrogen) atoms. The molecule has 0 aliphatic heterocycles. The Balaban J connectivity index is 3.03. The molecule has 0 heterocycles. The number of hydrogen-bond donors (Lipinski definition) is 0. The van der Waals surface area contributed by atoms with E-state index in [1.165, 1.54) is 0 Å². The molecule has 0 fully saturated rings. The maximum absolute atomic E-state index is 2.34. The van der Waals surface area contributed by atoms with Crippen molar-refractivity contribution >= 4 is 67.8 Å². The molecule has 0 N–H and O–H groups in total. The van der Waals surface area contributed by atoms with Gasteiger partial charge < -0.3 is 0 Å². The lowest BCUT2D eigenvalue weighted by Gasteiger charge is -1.81. The first kappa shape index (κ1) is 7.93. The number of alkyl halides is 2. The van der Waals surface area contributed by atoms with Gasteiger partial charge in [-0.3, -0.25) is 0 Å². The molecule has 0 aliphatic rings. The van der Waals surface area contributed by atoms with Gasteiger partial charge in [-0.25, -0.2) is 0 Å². The molecule has 0 bridgehead atoms. The Morgan fingerprint density at radius 1 is 1.33 bits per heavy atom. The highest BCUT2D eigenvalue weighted by Crippen LogP contribution is 2.11. The molecule has 0 aliphatic carbocycles. The highest BCUT2D eigenvalue weighted by atomic mass is 127. The standard InChI is InChI=1S/C3H3I3/c4-2-1-3(5)6/h1-3H. The van der Waals surface area contributed by atoms with Gasteiger partial charge in [0.2, 0.25) is 0 Å². The molecule has 0 aromatic carbocycles. The Kier molecular flexibility index (Phi) is 6.71. The smallest absolute Gasteiger partial charge is 0.0663 e. The predicted molar refractivity (Wildman–Crippen MR) is 55.0 cm³/mol. The molecule has 0 aromatic heterocycles. The third-order valence-electron chi connectivity index (χ3n) is 0.218. The van der Waals surface area contributed by atoms with Gasteiger partial charge in [-0.15, -0.1) is 0 Å². The van der Waals surface area contributed by atoms with E-state index in [1.54, 1.807) is 0 Å². The molecule has 0 aromatic rings. The van der Waals surface area contributed by atoms with E-state index >= 15 is 0 Å². The summed E-state index contributed by atoms with van der Waals surface area (Å²) in [6.07, 6.45) is 2.13. The molecule has 0 spiro atoms. The third-order valence-corrected chi connectivity index (χ3v) is 1.46. The highest BCUT2D eigenvalue weighted by molar-refractivity contribution is 14.2. The minimum Gasteiger partial charge on any atom is -0.0663 e. The summed E-state index contributed by atoms with van der Waals surface area (Å²) in [5, 5.41) is 0. The van der Waals surface area contributed by atoms with E-state index in [0.717, 1.165) is 0 Å². The number of hydrogen-bond acceptors (Lipinski definition) is 0. The van der Waals surface area contributed by atoms with Gasteiger partial charge in [0.25, 0.3) is 0 Å². The Hall–Kier alpha value is 1.93. The summed E-state index contributed by atoms with van der Waals surface area (Å²) >= 11 is 6.89. The zero-order chi connectivity index (χ0) is 4.99. The van der Waals surface area contributed by atoms with Gasteiger partial charge in [0.1, 0.15) is 0 Å². The van der Waals surface area contributed by atoms with Crippen LogP contribution >= 0.6 is 67.8 Å². The van der Waals surface area contributed by atoms with Crippen molar-refractivity contribution in [3.8, 4) is 0 Å². The summed E-state index contributed by atoms with van der Waals surface area (Å²) in [7, 11) is 0. The summed E-state index contributed by atoms with van der Waals surface area (Å²) in [4.78, 5) is 0. The first-order chi connectivity index (χ1) is 2.77. The highest BCUT2D eigenvalue weighted by Gasteiger charge is 1.82. The fourth-order valence-corrected chi connectivity index (χ4v) is 2.47. The molecule has 0 nitrogen and oxygen atoms in total. The molecule has 0 unspecified atom stereocenters. The van der Waals surface area contributed by atoms with Crippen LogP contribution in [0.15, 0.2) is 10.2 Å². The Morgan fingerprint density at radius 2 is 1.83 bits per heavy atom. The van der Waals surface area contributed by atoms with Gasteiger partial charge in [-0.1, -0.05) is 73.8 Å². The van der Waals surface area contributed by atoms with Crippen molar-refractivity contribution in [3.05, 3.63) is 10.2 Å². The number of halogens is 3. The molecule has 0 saturated carbocycles. The molecule has 0 rings (SSSR count). The summed E-state index contributed by atoms with van der Waals surface area (Å²) < 4.78 is 2.68. The van der Waals surface area contributed by atoms with E-state index < -0.39 is 0 Å². The Bertz CT molecular complexity index is 48.0. The fourth-order valence-electron chi connectivity index (χ4n) is 0.0550. The minimum atomic E-state index is 0.650. The van der Waals surface area contributed by atoms with E-state index in [9.17, 15) is 0 Å². The molecular formula is C3H3I3. The van der Waals surface area contributed by atoms with Crippen LogP contribution in [0.25, 0.3) is 0 Å². The third kappa shape index (κ3) is 5.93.